The molecule has 0 N–H and O–H groups in total. The topological polar surface area (TPSA) is 57.4 Å². The van der Waals surface area contributed by atoms with Crippen LogP contribution >= 0.6 is 0 Å². The van der Waals surface area contributed by atoms with Crippen molar-refractivity contribution in [1.29, 1.82) is 0 Å². The molecule has 0 saturated carbocycles. The smallest absolute Gasteiger partial charge is 0.264 e. The molecule has 5 nitrogen and oxygen atoms in total. The molecule has 0 fully saturated rings. The average molecular weight is 314 g/mol. The maximum absolute atomic E-state index is 13.6. The van der Waals surface area contributed by atoms with Gasteiger partial charge in [0, 0.05) is 5.56 Å². The van der Waals surface area contributed by atoms with Gasteiger partial charge in [-0.05, 0) is 42.8 Å². The van der Waals surface area contributed by atoms with Crippen LogP contribution in [-0.4, -0.2) is 17.3 Å². The second kappa shape index (κ2) is 6.48. The predicted molar refractivity (Wildman–Crippen MR) is 81.8 cm³/mol. The predicted octanol–water partition coefficient (Wildman–Crippen LogP) is 3.77. The minimum atomic E-state index is -0.302. The first-order valence-corrected chi connectivity index (χ1v) is 7.01. The first-order valence-electron chi connectivity index (χ1n) is 7.01. The number of ether oxygens (including phenoxy) is 2. The van der Waals surface area contributed by atoms with E-state index in [-0.39, 0.29) is 12.4 Å². The van der Waals surface area contributed by atoms with Crippen LogP contribution in [0, 0.1) is 12.7 Å². The number of aryl methyl sites for hydroxylation is 1. The van der Waals surface area contributed by atoms with Gasteiger partial charge in [-0.2, -0.15) is 4.98 Å². The molecule has 118 valence electrons. The Hall–Kier alpha value is -2.89. The Kier molecular flexibility index (Phi) is 4.23. The third kappa shape index (κ3) is 3.48. The number of hydrogen-bond acceptors (Lipinski definition) is 5. The standard InChI is InChI=1S/C17H15FN2O3/c1-11-3-4-12(9-15(11)18)17-19-16(23-20-17)10-22-14-7-5-13(21-2)6-8-14/h3-9H,10H2,1-2H3. The lowest BCUT2D eigenvalue weighted by atomic mass is 10.1. The second-order valence-electron chi connectivity index (χ2n) is 4.94. The summed E-state index contributed by atoms with van der Waals surface area (Å²) in [4.78, 5) is 4.21. The van der Waals surface area contributed by atoms with Crippen LogP contribution in [0.25, 0.3) is 11.4 Å². The number of rotatable bonds is 5. The first kappa shape index (κ1) is 15.0. The summed E-state index contributed by atoms with van der Waals surface area (Å²) >= 11 is 0. The molecule has 2 aromatic carbocycles. The lowest BCUT2D eigenvalue weighted by Gasteiger charge is -2.04. The highest BCUT2D eigenvalue weighted by molar-refractivity contribution is 5.54. The Morgan fingerprint density at radius 2 is 1.83 bits per heavy atom. The number of hydrogen-bond donors (Lipinski definition) is 0. The van der Waals surface area contributed by atoms with Crippen LogP contribution in [0.3, 0.4) is 0 Å². The van der Waals surface area contributed by atoms with Gasteiger partial charge < -0.3 is 14.0 Å². The monoisotopic (exact) mass is 314 g/mol. The molecule has 0 atom stereocenters. The van der Waals surface area contributed by atoms with Crippen LogP contribution in [0.15, 0.2) is 47.0 Å². The fourth-order valence-electron chi connectivity index (χ4n) is 1.98. The Morgan fingerprint density at radius 1 is 1.09 bits per heavy atom. The van der Waals surface area contributed by atoms with E-state index in [1.807, 2.05) is 0 Å². The van der Waals surface area contributed by atoms with Crippen LogP contribution in [0.5, 0.6) is 11.5 Å². The number of benzene rings is 2. The molecule has 0 bridgehead atoms. The number of halogens is 1. The summed E-state index contributed by atoms with van der Waals surface area (Å²) in [6.45, 7) is 1.83. The van der Waals surface area contributed by atoms with E-state index < -0.39 is 0 Å². The molecule has 0 aliphatic carbocycles. The Labute approximate surface area is 132 Å². The minimum absolute atomic E-state index is 0.133. The molecule has 0 amide bonds. The molecular weight excluding hydrogens is 299 g/mol. The van der Waals surface area contributed by atoms with E-state index in [1.54, 1.807) is 50.4 Å². The molecule has 23 heavy (non-hydrogen) atoms. The number of aromatic nitrogens is 2. The zero-order valence-corrected chi connectivity index (χ0v) is 12.7. The van der Waals surface area contributed by atoms with Gasteiger partial charge in [0.2, 0.25) is 5.82 Å². The van der Waals surface area contributed by atoms with E-state index >= 15 is 0 Å². The van der Waals surface area contributed by atoms with Crippen molar-refractivity contribution in [3.63, 3.8) is 0 Å². The third-order valence-corrected chi connectivity index (χ3v) is 3.32. The maximum atomic E-state index is 13.6. The van der Waals surface area contributed by atoms with Crippen molar-refractivity contribution >= 4 is 0 Å². The zero-order chi connectivity index (χ0) is 16.2. The molecule has 0 aliphatic rings. The molecule has 3 rings (SSSR count). The second-order valence-corrected chi connectivity index (χ2v) is 4.94. The number of nitrogens with zero attached hydrogens (tertiary/aromatic N) is 2. The van der Waals surface area contributed by atoms with Gasteiger partial charge in [-0.1, -0.05) is 17.3 Å². The van der Waals surface area contributed by atoms with Gasteiger partial charge in [0.15, 0.2) is 6.61 Å². The normalized spacial score (nSPS) is 10.6. The molecule has 0 unspecified atom stereocenters. The summed E-state index contributed by atoms with van der Waals surface area (Å²) in [5.74, 6) is 1.75. The molecule has 0 radical (unpaired) electrons. The zero-order valence-electron chi connectivity index (χ0n) is 12.7. The summed E-state index contributed by atoms with van der Waals surface area (Å²) in [6.07, 6.45) is 0. The van der Waals surface area contributed by atoms with Crippen molar-refractivity contribution in [2.75, 3.05) is 7.11 Å². The summed E-state index contributed by atoms with van der Waals surface area (Å²) in [5, 5.41) is 3.84. The first-order chi connectivity index (χ1) is 11.2. The van der Waals surface area contributed by atoms with Gasteiger partial charge in [-0.25, -0.2) is 4.39 Å². The SMILES string of the molecule is COc1ccc(OCc2nc(-c3ccc(C)c(F)c3)no2)cc1. The highest BCUT2D eigenvalue weighted by Gasteiger charge is 2.11. The minimum Gasteiger partial charge on any atom is -0.497 e. The van der Waals surface area contributed by atoms with Crippen molar-refractivity contribution in [2.45, 2.75) is 13.5 Å². The van der Waals surface area contributed by atoms with Gasteiger partial charge in [-0.3, -0.25) is 0 Å². The Balaban J connectivity index is 1.67. The third-order valence-electron chi connectivity index (χ3n) is 3.32. The van der Waals surface area contributed by atoms with Crippen molar-refractivity contribution < 1.29 is 18.4 Å². The number of methoxy groups -OCH3 is 1. The summed E-state index contributed by atoms with van der Waals surface area (Å²) in [7, 11) is 1.60. The lowest BCUT2D eigenvalue weighted by Crippen LogP contribution is -1.96. The Morgan fingerprint density at radius 3 is 2.52 bits per heavy atom. The highest BCUT2D eigenvalue weighted by atomic mass is 19.1. The van der Waals surface area contributed by atoms with Gasteiger partial charge in [-0.15, -0.1) is 0 Å². The fourth-order valence-corrected chi connectivity index (χ4v) is 1.98. The van der Waals surface area contributed by atoms with Crippen LogP contribution in [0.2, 0.25) is 0 Å². The molecule has 0 spiro atoms. The maximum Gasteiger partial charge on any atom is 0.264 e. The van der Waals surface area contributed by atoms with E-state index in [0.29, 0.717) is 28.6 Å². The van der Waals surface area contributed by atoms with Crippen LogP contribution < -0.4 is 9.47 Å². The van der Waals surface area contributed by atoms with Crippen molar-refractivity contribution in [1.82, 2.24) is 10.1 Å². The van der Waals surface area contributed by atoms with E-state index in [0.717, 1.165) is 5.75 Å². The van der Waals surface area contributed by atoms with Crippen LogP contribution in [0.1, 0.15) is 11.5 Å². The van der Waals surface area contributed by atoms with E-state index in [9.17, 15) is 4.39 Å². The highest BCUT2D eigenvalue weighted by Crippen LogP contribution is 2.21. The van der Waals surface area contributed by atoms with Gasteiger partial charge in [0.05, 0.1) is 7.11 Å². The average Bonchev–Trinajstić information content (AvgIpc) is 3.05. The molecule has 0 aliphatic heterocycles. The molecule has 0 saturated heterocycles. The lowest BCUT2D eigenvalue weighted by molar-refractivity contribution is 0.242. The fraction of sp³-hybridized carbons (Fsp3) is 0.176. The summed E-state index contributed by atoms with van der Waals surface area (Å²) in [5.41, 5.74) is 1.13. The summed E-state index contributed by atoms with van der Waals surface area (Å²) < 4.78 is 29.3. The van der Waals surface area contributed by atoms with Crippen LogP contribution in [0.4, 0.5) is 4.39 Å². The molecular formula is C17H15FN2O3. The van der Waals surface area contributed by atoms with Gasteiger partial charge in [0.25, 0.3) is 5.89 Å². The molecule has 1 aromatic heterocycles. The molecule has 1 heterocycles. The van der Waals surface area contributed by atoms with Crippen LogP contribution in [-0.2, 0) is 6.61 Å². The van der Waals surface area contributed by atoms with E-state index in [4.69, 9.17) is 14.0 Å². The quantitative estimate of drug-likeness (QED) is 0.717. The van der Waals surface area contributed by atoms with Crippen molar-refractivity contribution in [3.8, 4) is 22.9 Å². The van der Waals surface area contributed by atoms with Gasteiger partial charge >= 0.3 is 0 Å². The Bertz CT molecular complexity index is 800. The van der Waals surface area contributed by atoms with Gasteiger partial charge in [0.1, 0.15) is 17.3 Å². The van der Waals surface area contributed by atoms with Crippen molar-refractivity contribution in [3.05, 3.63) is 59.7 Å². The molecule has 6 heteroatoms. The van der Waals surface area contributed by atoms with E-state index in [1.165, 1.54) is 6.07 Å². The largest absolute Gasteiger partial charge is 0.497 e. The molecule has 3 aromatic rings. The van der Waals surface area contributed by atoms with Crippen molar-refractivity contribution in [2.24, 2.45) is 0 Å². The summed E-state index contributed by atoms with van der Waals surface area (Å²) in [6, 6.07) is 12.0. The van der Waals surface area contributed by atoms with E-state index in [2.05, 4.69) is 10.1 Å².